The molecule has 0 radical (unpaired) electrons. The first-order chi connectivity index (χ1) is 12.4. The summed E-state index contributed by atoms with van der Waals surface area (Å²) in [7, 11) is -3.41. The van der Waals surface area contributed by atoms with E-state index >= 15 is 0 Å². The van der Waals surface area contributed by atoms with Crippen molar-refractivity contribution < 1.29 is 17.7 Å². The predicted octanol–water partition coefficient (Wildman–Crippen LogP) is 0.765. The molecule has 0 aliphatic carbocycles. The van der Waals surface area contributed by atoms with Crippen LogP contribution in [-0.2, 0) is 21.5 Å². The van der Waals surface area contributed by atoms with E-state index in [-0.39, 0.29) is 6.04 Å². The maximum absolute atomic E-state index is 13.2. The highest BCUT2D eigenvalue weighted by Gasteiger charge is 2.43. The topological polar surface area (TPSA) is 79.1 Å². The van der Waals surface area contributed by atoms with Gasteiger partial charge in [0.2, 0.25) is 0 Å². The van der Waals surface area contributed by atoms with Gasteiger partial charge in [-0.3, -0.25) is 4.90 Å². The highest BCUT2D eigenvalue weighted by atomic mass is 32.2. The van der Waals surface area contributed by atoms with E-state index in [0.29, 0.717) is 38.8 Å². The lowest BCUT2D eigenvalue weighted by atomic mass is 9.97. The van der Waals surface area contributed by atoms with Crippen molar-refractivity contribution in [1.29, 1.82) is 0 Å². The van der Waals surface area contributed by atoms with E-state index in [2.05, 4.69) is 10.1 Å². The van der Waals surface area contributed by atoms with Crippen LogP contribution in [0.15, 0.2) is 4.52 Å². The summed E-state index contributed by atoms with van der Waals surface area (Å²) >= 11 is 0. The van der Waals surface area contributed by atoms with Crippen LogP contribution in [0.1, 0.15) is 29.9 Å². The van der Waals surface area contributed by atoms with Crippen LogP contribution >= 0.6 is 0 Å². The van der Waals surface area contributed by atoms with E-state index in [4.69, 9.17) is 9.26 Å². The summed E-state index contributed by atoms with van der Waals surface area (Å²) in [6, 6.07) is 0.0436. The monoisotopic (exact) mass is 384 g/mol. The lowest BCUT2D eigenvalue weighted by Crippen LogP contribution is -2.55. The van der Waals surface area contributed by atoms with Crippen LogP contribution in [0.5, 0.6) is 0 Å². The van der Waals surface area contributed by atoms with Gasteiger partial charge in [-0.25, -0.2) is 0 Å². The molecule has 0 unspecified atom stereocenters. The molecule has 2 atom stereocenters. The average molecular weight is 385 g/mol. The number of piperidine rings is 1. The van der Waals surface area contributed by atoms with Gasteiger partial charge in [-0.15, -0.1) is 0 Å². The van der Waals surface area contributed by atoms with Gasteiger partial charge in [-0.1, -0.05) is 5.16 Å². The minimum absolute atomic E-state index is 0.0436. The van der Waals surface area contributed by atoms with Crippen molar-refractivity contribution in [1.82, 2.24) is 18.7 Å². The summed E-state index contributed by atoms with van der Waals surface area (Å²) in [5, 5.41) is 4.05. The molecule has 1 aromatic heterocycles. The number of hydrogen-bond donors (Lipinski definition) is 0. The zero-order chi connectivity index (χ0) is 18.3. The van der Waals surface area contributed by atoms with Crippen molar-refractivity contribution in [2.45, 2.75) is 39.3 Å². The van der Waals surface area contributed by atoms with Gasteiger partial charge in [0, 0.05) is 50.9 Å². The molecule has 2 bridgehead atoms. The van der Waals surface area contributed by atoms with Crippen LogP contribution in [0.4, 0.5) is 0 Å². The predicted molar refractivity (Wildman–Crippen MR) is 95.8 cm³/mol. The summed E-state index contributed by atoms with van der Waals surface area (Å²) < 4.78 is 40.3. The lowest BCUT2D eigenvalue weighted by molar-refractivity contribution is 0.0677. The number of morpholine rings is 1. The van der Waals surface area contributed by atoms with Crippen molar-refractivity contribution >= 4 is 10.2 Å². The molecule has 9 heteroatoms. The van der Waals surface area contributed by atoms with E-state index in [1.54, 1.807) is 8.61 Å². The fraction of sp³-hybridized carbons (Fsp3) is 0.824. The van der Waals surface area contributed by atoms with Crippen molar-refractivity contribution in [3.63, 3.8) is 0 Å². The molecule has 8 nitrogen and oxygen atoms in total. The molecule has 0 amide bonds. The molecule has 5 rings (SSSR count). The molecule has 4 fully saturated rings. The zero-order valence-electron chi connectivity index (χ0n) is 15.6. The molecular formula is C17H28N4O4S. The van der Waals surface area contributed by atoms with Gasteiger partial charge in [0.1, 0.15) is 5.76 Å². The first-order valence-corrected chi connectivity index (χ1v) is 10.8. The summed E-state index contributed by atoms with van der Waals surface area (Å²) in [5.74, 6) is 1.24. The van der Waals surface area contributed by atoms with Gasteiger partial charge in [-0.05, 0) is 32.6 Å². The molecule has 1 aromatic rings. The first kappa shape index (κ1) is 18.4. The van der Waals surface area contributed by atoms with E-state index in [1.807, 2.05) is 13.8 Å². The largest absolute Gasteiger partial charge is 0.379 e. The van der Waals surface area contributed by atoms with Gasteiger partial charge in [0.25, 0.3) is 10.2 Å². The van der Waals surface area contributed by atoms with Gasteiger partial charge in [-0.2, -0.15) is 17.0 Å². The summed E-state index contributed by atoms with van der Waals surface area (Å²) in [6.07, 6.45) is 2.03. The molecule has 0 saturated carbocycles. The lowest BCUT2D eigenvalue weighted by Gasteiger charge is -2.39. The number of nitrogens with zero attached hydrogens (tertiary/aromatic N) is 4. The van der Waals surface area contributed by atoms with Gasteiger partial charge < -0.3 is 9.26 Å². The number of hydrogen-bond acceptors (Lipinski definition) is 6. The third-order valence-electron chi connectivity index (χ3n) is 5.89. The average Bonchev–Trinajstić information content (AvgIpc) is 2.83. The molecule has 0 spiro atoms. The number of fused-ring (bicyclic) bond motifs is 4. The van der Waals surface area contributed by atoms with E-state index in [0.717, 1.165) is 49.5 Å². The van der Waals surface area contributed by atoms with Crippen LogP contribution in [0, 0.1) is 19.8 Å². The van der Waals surface area contributed by atoms with Crippen molar-refractivity contribution in [2.24, 2.45) is 5.92 Å². The maximum Gasteiger partial charge on any atom is 0.282 e. The Labute approximate surface area is 155 Å². The summed E-state index contributed by atoms with van der Waals surface area (Å²) in [6.45, 7) is 8.89. The normalized spacial score (nSPS) is 29.2. The van der Waals surface area contributed by atoms with Crippen molar-refractivity contribution in [3.05, 3.63) is 17.0 Å². The number of rotatable bonds is 4. The Morgan fingerprint density at radius 3 is 2.58 bits per heavy atom. The van der Waals surface area contributed by atoms with Crippen LogP contribution in [0.25, 0.3) is 0 Å². The van der Waals surface area contributed by atoms with Crippen LogP contribution < -0.4 is 0 Å². The minimum Gasteiger partial charge on any atom is -0.379 e. The Balaban J connectivity index is 1.51. The quantitative estimate of drug-likeness (QED) is 0.763. The third-order valence-corrected chi connectivity index (χ3v) is 7.95. The molecule has 5 heterocycles. The second-order valence-corrected chi connectivity index (χ2v) is 9.56. The Morgan fingerprint density at radius 1 is 1.12 bits per heavy atom. The number of ether oxygens (including phenoxy) is 1. The second kappa shape index (κ2) is 7.20. The van der Waals surface area contributed by atoms with Gasteiger partial charge in [0.15, 0.2) is 0 Å². The fourth-order valence-electron chi connectivity index (χ4n) is 4.42. The Bertz CT molecular complexity index is 724. The minimum atomic E-state index is -3.41. The number of aryl methyl sites for hydroxylation is 2. The molecule has 0 N–H and O–H groups in total. The zero-order valence-corrected chi connectivity index (χ0v) is 16.4. The molecule has 26 heavy (non-hydrogen) atoms. The third kappa shape index (κ3) is 3.43. The second-order valence-electron chi connectivity index (χ2n) is 7.68. The Hall–Kier alpha value is -1.00. The highest BCUT2D eigenvalue weighted by Crippen LogP contribution is 2.32. The molecule has 4 aliphatic rings. The van der Waals surface area contributed by atoms with Crippen LogP contribution in [-0.4, -0.2) is 79.1 Å². The Morgan fingerprint density at radius 2 is 1.88 bits per heavy atom. The summed E-state index contributed by atoms with van der Waals surface area (Å²) in [5.41, 5.74) is 2.06. The molecule has 4 saturated heterocycles. The summed E-state index contributed by atoms with van der Waals surface area (Å²) in [4.78, 5) is 2.38. The van der Waals surface area contributed by atoms with Gasteiger partial charge >= 0.3 is 0 Å². The SMILES string of the molecule is Cc1noc(C)c1CN1C[C@H]2CC[C@@H](C1)N(S(=O)(=O)N1CCOCC1)C2. The van der Waals surface area contributed by atoms with Crippen LogP contribution in [0.3, 0.4) is 0 Å². The highest BCUT2D eigenvalue weighted by molar-refractivity contribution is 7.86. The first-order valence-electron chi connectivity index (χ1n) is 9.44. The van der Waals surface area contributed by atoms with E-state index in [9.17, 15) is 8.42 Å². The smallest absolute Gasteiger partial charge is 0.282 e. The van der Waals surface area contributed by atoms with E-state index in [1.165, 1.54) is 0 Å². The molecular weight excluding hydrogens is 356 g/mol. The Kier molecular flexibility index (Phi) is 5.08. The van der Waals surface area contributed by atoms with E-state index < -0.39 is 10.2 Å². The van der Waals surface area contributed by atoms with Crippen LogP contribution in [0.2, 0.25) is 0 Å². The van der Waals surface area contributed by atoms with Gasteiger partial charge in [0.05, 0.1) is 18.9 Å². The molecule has 146 valence electrons. The molecule has 4 aliphatic heterocycles. The number of aromatic nitrogens is 1. The fourth-order valence-corrected chi connectivity index (χ4v) is 6.28. The standard InChI is InChI=1S/C17H28N4O4S/c1-13-17(14(2)25-18-13)12-19-9-15-3-4-16(11-19)21(10-15)26(22,23)20-5-7-24-8-6-20/h15-16H,3-12H2,1-2H3/t15-,16+/m1/s1. The van der Waals surface area contributed by atoms with Crippen molar-refractivity contribution in [3.8, 4) is 0 Å². The maximum atomic E-state index is 13.2. The van der Waals surface area contributed by atoms with Crippen molar-refractivity contribution in [2.75, 3.05) is 45.9 Å². The molecule has 0 aromatic carbocycles.